The molecule has 1 N–H and O–H groups in total. The average molecular weight is 416 g/mol. The van der Waals surface area contributed by atoms with Crippen LogP contribution in [0.4, 0.5) is 18.9 Å². The molecule has 1 saturated heterocycles. The Kier molecular flexibility index (Phi) is 5.80. The first-order chi connectivity index (χ1) is 14.5. The zero-order valence-electron chi connectivity index (χ0n) is 15.9. The second-order valence-electron chi connectivity index (χ2n) is 7.19. The number of benzene rings is 2. The Morgan fingerprint density at radius 1 is 1.07 bits per heavy atom. The molecular weight excluding hydrogens is 397 g/mol. The summed E-state index contributed by atoms with van der Waals surface area (Å²) in [5, 5.41) is 6.55. The van der Waals surface area contributed by atoms with Crippen LogP contribution in [0.3, 0.4) is 0 Å². The molecule has 1 fully saturated rings. The highest BCUT2D eigenvalue weighted by Crippen LogP contribution is 2.28. The molecular formula is C21H19F3N4O2. The number of aromatic nitrogens is 2. The van der Waals surface area contributed by atoms with E-state index in [2.05, 4.69) is 15.5 Å². The van der Waals surface area contributed by atoms with E-state index < -0.39 is 11.6 Å². The van der Waals surface area contributed by atoms with Gasteiger partial charge in [0.05, 0.1) is 6.54 Å². The zero-order valence-corrected chi connectivity index (χ0v) is 15.9. The predicted molar refractivity (Wildman–Crippen MR) is 103 cm³/mol. The number of carbonyl (C=O) groups is 1. The van der Waals surface area contributed by atoms with Crippen molar-refractivity contribution in [2.75, 3.05) is 25.0 Å². The molecule has 3 aromatic rings. The van der Waals surface area contributed by atoms with Crippen molar-refractivity contribution in [2.24, 2.45) is 0 Å². The number of nitrogens with zero attached hydrogens (tertiary/aromatic N) is 3. The molecule has 0 unspecified atom stereocenters. The van der Waals surface area contributed by atoms with Crippen LogP contribution >= 0.6 is 0 Å². The minimum atomic E-state index is -1.01. The molecule has 156 valence electrons. The van der Waals surface area contributed by atoms with Crippen molar-refractivity contribution in [1.29, 1.82) is 0 Å². The van der Waals surface area contributed by atoms with Gasteiger partial charge in [-0.15, -0.1) is 0 Å². The monoisotopic (exact) mass is 416 g/mol. The van der Waals surface area contributed by atoms with Gasteiger partial charge in [0.15, 0.2) is 11.6 Å². The van der Waals surface area contributed by atoms with Gasteiger partial charge in [0.2, 0.25) is 17.6 Å². The second kappa shape index (κ2) is 8.66. The molecule has 30 heavy (non-hydrogen) atoms. The van der Waals surface area contributed by atoms with Gasteiger partial charge in [0.25, 0.3) is 0 Å². The summed E-state index contributed by atoms with van der Waals surface area (Å²) in [6, 6.07) is 9.12. The minimum absolute atomic E-state index is 0.0807. The normalized spacial score (nSPS) is 15.3. The average Bonchev–Trinajstić information content (AvgIpc) is 3.22. The van der Waals surface area contributed by atoms with Gasteiger partial charge in [-0.25, -0.2) is 13.2 Å². The summed E-state index contributed by atoms with van der Waals surface area (Å²) in [5.74, 6) is -1.57. The summed E-state index contributed by atoms with van der Waals surface area (Å²) in [7, 11) is 0. The lowest BCUT2D eigenvalue weighted by atomic mass is 9.97. The highest BCUT2D eigenvalue weighted by molar-refractivity contribution is 5.92. The van der Waals surface area contributed by atoms with E-state index in [9.17, 15) is 18.0 Å². The number of anilines is 1. The number of hydrogen-bond donors (Lipinski definition) is 1. The van der Waals surface area contributed by atoms with Gasteiger partial charge in [-0.2, -0.15) is 4.98 Å². The van der Waals surface area contributed by atoms with Crippen molar-refractivity contribution in [3.8, 4) is 11.4 Å². The molecule has 0 spiro atoms. The second-order valence-corrected chi connectivity index (χ2v) is 7.19. The van der Waals surface area contributed by atoms with Crippen LogP contribution < -0.4 is 5.32 Å². The van der Waals surface area contributed by atoms with Gasteiger partial charge in [0.1, 0.15) is 5.82 Å². The summed E-state index contributed by atoms with van der Waals surface area (Å²) in [4.78, 5) is 18.6. The molecule has 6 nitrogen and oxygen atoms in total. The lowest BCUT2D eigenvalue weighted by Gasteiger charge is -2.29. The van der Waals surface area contributed by atoms with Gasteiger partial charge in [-0.05, 0) is 62.3 Å². The summed E-state index contributed by atoms with van der Waals surface area (Å²) < 4.78 is 44.7. The van der Waals surface area contributed by atoms with Crippen molar-refractivity contribution >= 4 is 11.6 Å². The van der Waals surface area contributed by atoms with Gasteiger partial charge in [0, 0.05) is 23.2 Å². The van der Waals surface area contributed by atoms with Crippen LogP contribution in [0.25, 0.3) is 11.4 Å². The summed E-state index contributed by atoms with van der Waals surface area (Å²) in [5.41, 5.74) is 0.894. The molecule has 9 heteroatoms. The first-order valence-electron chi connectivity index (χ1n) is 9.55. The van der Waals surface area contributed by atoms with Crippen LogP contribution in [-0.2, 0) is 4.79 Å². The summed E-state index contributed by atoms with van der Waals surface area (Å²) in [6.45, 7) is 1.46. The Balaban J connectivity index is 1.29. The molecule has 1 aromatic heterocycles. The fourth-order valence-corrected chi connectivity index (χ4v) is 3.43. The molecule has 1 aliphatic rings. The third-order valence-electron chi connectivity index (χ3n) is 5.05. The van der Waals surface area contributed by atoms with E-state index in [1.54, 1.807) is 12.1 Å². The molecule has 4 rings (SSSR count). The molecule has 0 radical (unpaired) electrons. The third kappa shape index (κ3) is 4.68. The van der Waals surface area contributed by atoms with Crippen LogP contribution in [-0.4, -0.2) is 40.6 Å². The van der Waals surface area contributed by atoms with Crippen LogP contribution in [0, 0.1) is 17.5 Å². The molecule has 0 bridgehead atoms. The Hall–Kier alpha value is -3.20. The summed E-state index contributed by atoms with van der Waals surface area (Å²) >= 11 is 0. The van der Waals surface area contributed by atoms with E-state index >= 15 is 0 Å². The highest BCUT2D eigenvalue weighted by Gasteiger charge is 2.26. The van der Waals surface area contributed by atoms with Gasteiger partial charge in [-0.1, -0.05) is 5.16 Å². The first-order valence-corrected chi connectivity index (χ1v) is 9.55. The van der Waals surface area contributed by atoms with E-state index in [1.807, 2.05) is 4.90 Å². The molecule has 0 saturated carbocycles. The quantitative estimate of drug-likeness (QED) is 0.682. The van der Waals surface area contributed by atoms with Crippen molar-refractivity contribution in [1.82, 2.24) is 15.0 Å². The van der Waals surface area contributed by atoms with Gasteiger partial charge < -0.3 is 9.84 Å². The van der Waals surface area contributed by atoms with Crippen LogP contribution in [0.2, 0.25) is 0 Å². The van der Waals surface area contributed by atoms with Crippen molar-refractivity contribution in [3.05, 3.63) is 65.8 Å². The van der Waals surface area contributed by atoms with Crippen molar-refractivity contribution in [3.63, 3.8) is 0 Å². The number of rotatable bonds is 5. The lowest BCUT2D eigenvalue weighted by molar-refractivity contribution is -0.117. The molecule has 2 heterocycles. The summed E-state index contributed by atoms with van der Waals surface area (Å²) in [6.07, 6.45) is 1.48. The maximum absolute atomic E-state index is 13.2. The number of carbonyl (C=O) groups excluding carboxylic acids is 1. The third-order valence-corrected chi connectivity index (χ3v) is 5.05. The zero-order chi connectivity index (χ0) is 21.1. The smallest absolute Gasteiger partial charge is 0.238 e. The van der Waals surface area contributed by atoms with Gasteiger partial charge in [-0.3, -0.25) is 9.69 Å². The van der Waals surface area contributed by atoms with E-state index in [1.165, 1.54) is 18.2 Å². The maximum Gasteiger partial charge on any atom is 0.238 e. The lowest BCUT2D eigenvalue weighted by Crippen LogP contribution is -2.38. The van der Waals surface area contributed by atoms with E-state index in [4.69, 9.17) is 4.52 Å². The number of likely N-dealkylation sites (tertiary alicyclic amines) is 1. The molecule has 0 atom stereocenters. The van der Waals surface area contributed by atoms with Crippen molar-refractivity contribution < 1.29 is 22.5 Å². The van der Waals surface area contributed by atoms with Crippen LogP contribution in [0.15, 0.2) is 47.0 Å². The fraction of sp³-hybridized carbons (Fsp3) is 0.286. The van der Waals surface area contributed by atoms with E-state index in [0.29, 0.717) is 30.4 Å². The standard InChI is InChI=1S/C21H19F3N4O2/c22-15-3-1-13(2-4-15)20-26-21(30-27-20)14-7-9-28(10-8-14)12-19(29)25-16-5-6-17(23)18(24)11-16/h1-6,11,14H,7-10,12H2,(H,25,29). The predicted octanol–water partition coefficient (Wildman–Crippen LogP) is 3.97. The Bertz CT molecular complexity index is 1030. The molecule has 2 aromatic carbocycles. The number of amides is 1. The van der Waals surface area contributed by atoms with Gasteiger partial charge >= 0.3 is 0 Å². The first kappa shape index (κ1) is 20.1. The molecule has 0 aliphatic carbocycles. The minimum Gasteiger partial charge on any atom is -0.339 e. The van der Waals surface area contributed by atoms with E-state index in [0.717, 1.165) is 25.0 Å². The number of hydrogen-bond acceptors (Lipinski definition) is 5. The molecule has 1 amide bonds. The Labute approximate surface area is 170 Å². The maximum atomic E-state index is 13.2. The van der Waals surface area contributed by atoms with Crippen LogP contribution in [0.1, 0.15) is 24.7 Å². The highest BCUT2D eigenvalue weighted by atomic mass is 19.2. The number of piperidine rings is 1. The van der Waals surface area contributed by atoms with E-state index in [-0.39, 0.29) is 29.9 Å². The SMILES string of the molecule is O=C(CN1CCC(c2nc(-c3ccc(F)cc3)no2)CC1)Nc1ccc(F)c(F)c1. The molecule has 1 aliphatic heterocycles. The largest absolute Gasteiger partial charge is 0.339 e. The van der Waals surface area contributed by atoms with Crippen LogP contribution in [0.5, 0.6) is 0 Å². The topological polar surface area (TPSA) is 71.3 Å². The Morgan fingerprint density at radius 2 is 1.80 bits per heavy atom. The number of halogens is 3. The number of nitrogens with one attached hydrogen (secondary N) is 1. The fourth-order valence-electron chi connectivity index (χ4n) is 3.43. The van der Waals surface area contributed by atoms with Crippen molar-refractivity contribution in [2.45, 2.75) is 18.8 Å². The Morgan fingerprint density at radius 3 is 2.50 bits per heavy atom.